The van der Waals surface area contributed by atoms with Crippen molar-refractivity contribution in [3.63, 3.8) is 0 Å². The number of likely N-dealkylation sites (tertiary alicyclic amines) is 1. The maximum Gasteiger partial charge on any atom is 0.248 e. The van der Waals surface area contributed by atoms with Crippen molar-refractivity contribution in [3.8, 4) is 5.75 Å². The molecule has 4 fully saturated rings. The lowest BCUT2D eigenvalue weighted by Gasteiger charge is -2.40. The van der Waals surface area contributed by atoms with Gasteiger partial charge in [0.1, 0.15) is 17.4 Å². The second-order valence-corrected chi connectivity index (χ2v) is 14.2. The molecule has 0 aromatic heterocycles. The number of morpholine rings is 1. The minimum atomic E-state index is -1.20. The first kappa shape index (κ1) is 37.0. The van der Waals surface area contributed by atoms with Gasteiger partial charge in [-0.1, -0.05) is 32.9 Å². The molecule has 5 rings (SSSR count). The lowest BCUT2D eigenvalue weighted by molar-refractivity contribution is -0.156. The third kappa shape index (κ3) is 6.92. The molecular formula is C38H56N4O7. The van der Waals surface area contributed by atoms with Crippen LogP contribution in [0.2, 0.25) is 0 Å². The molecule has 4 aliphatic rings. The number of rotatable bonds is 17. The Bertz CT molecular complexity index is 1350. The zero-order valence-electron chi connectivity index (χ0n) is 29.9. The predicted molar refractivity (Wildman–Crippen MR) is 188 cm³/mol. The number of hydrogen-bond acceptors (Lipinski definition) is 8. The van der Waals surface area contributed by atoms with E-state index in [-0.39, 0.29) is 36.8 Å². The molecular weight excluding hydrogens is 624 g/mol. The molecule has 4 saturated heterocycles. The molecule has 270 valence electrons. The van der Waals surface area contributed by atoms with Gasteiger partial charge in [-0.2, -0.15) is 0 Å². The Labute approximate surface area is 291 Å². The summed E-state index contributed by atoms with van der Waals surface area (Å²) in [5, 5.41) is 10.7. The summed E-state index contributed by atoms with van der Waals surface area (Å²) in [6, 6.07) is 5.77. The normalized spacial score (nSPS) is 28.4. The number of aliphatic hydroxyl groups is 1. The molecule has 0 aliphatic carbocycles. The van der Waals surface area contributed by atoms with Crippen LogP contribution in [0.5, 0.6) is 5.75 Å². The van der Waals surface area contributed by atoms with Crippen molar-refractivity contribution in [3.05, 3.63) is 49.6 Å². The van der Waals surface area contributed by atoms with Gasteiger partial charge in [0.15, 0.2) is 0 Å². The second-order valence-electron chi connectivity index (χ2n) is 14.2. The number of carbonyl (C=O) groups excluding carboxylic acids is 3. The maximum absolute atomic E-state index is 15.0. The number of fused-ring (bicyclic) bond motifs is 1. The van der Waals surface area contributed by atoms with E-state index >= 15 is 0 Å². The van der Waals surface area contributed by atoms with E-state index in [2.05, 4.69) is 18.1 Å². The SMILES string of the molecule is C=CCN(CCN1CCOCC1)C(=O)C1N([C@@H](CO)CC(C)C)C(=O)[C@@H]2[C@@H](C(=O)N(CC=C)c3ccc(OCC)cc3)[C@@]3(CC)CCC12O3. The maximum atomic E-state index is 15.0. The van der Waals surface area contributed by atoms with Crippen molar-refractivity contribution < 1.29 is 33.7 Å². The summed E-state index contributed by atoms with van der Waals surface area (Å²) in [7, 11) is 0. The summed E-state index contributed by atoms with van der Waals surface area (Å²) in [6.45, 7) is 20.6. The molecule has 11 heteroatoms. The fraction of sp³-hybridized carbons (Fsp3) is 0.658. The largest absolute Gasteiger partial charge is 0.494 e. The minimum Gasteiger partial charge on any atom is -0.494 e. The van der Waals surface area contributed by atoms with Crippen molar-refractivity contribution in [2.75, 3.05) is 70.6 Å². The number of anilines is 1. The third-order valence-corrected chi connectivity index (χ3v) is 11.0. The molecule has 49 heavy (non-hydrogen) atoms. The van der Waals surface area contributed by atoms with Crippen LogP contribution in [-0.2, 0) is 23.9 Å². The molecule has 1 spiro atoms. The third-order valence-electron chi connectivity index (χ3n) is 11.0. The number of carbonyl (C=O) groups is 3. The quantitative estimate of drug-likeness (QED) is 0.249. The molecule has 6 atom stereocenters. The lowest BCUT2D eigenvalue weighted by atomic mass is 9.64. The van der Waals surface area contributed by atoms with Crippen LogP contribution in [0.4, 0.5) is 5.69 Å². The van der Waals surface area contributed by atoms with E-state index < -0.39 is 35.1 Å². The topological polar surface area (TPSA) is 112 Å². The van der Waals surface area contributed by atoms with E-state index in [0.29, 0.717) is 76.6 Å². The summed E-state index contributed by atoms with van der Waals surface area (Å²) in [5.74, 6) is -1.56. The van der Waals surface area contributed by atoms with Gasteiger partial charge in [0, 0.05) is 45.0 Å². The van der Waals surface area contributed by atoms with Gasteiger partial charge in [0.25, 0.3) is 0 Å². The van der Waals surface area contributed by atoms with E-state index in [1.54, 1.807) is 26.9 Å². The van der Waals surface area contributed by atoms with Crippen molar-refractivity contribution >= 4 is 23.4 Å². The molecule has 0 saturated carbocycles. The Balaban J connectivity index is 1.56. The standard InChI is InChI=1S/C38H56N4O7/c1-7-17-40(20-19-39-21-23-47-24-22-39)36(46)33-38-16-15-37(9-3,49-38)31(32(38)35(45)42(33)29(26-43)25-27(5)6)34(44)41(18-8-2)28-11-13-30(14-12-28)48-10-4/h7-8,11-14,27,29,31-33,43H,1-2,9-10,15-26H2,3-6H3/t29-,31+,32+,33?,37-,38?/m1/s1. The molecule has 4 aliphatic heterocycles. The van der Waals surface area contributed by atoms with Gasteiger partial charge in [0.2, 0.25) is 17.7 Å². The average molecular weight is 681 g/mol. The zero-order valence-corrected chi connectivity index (χ0v) is 29.9. The van der Waals surface area contributed by atoms with E-state index in [0.717, 1.165) is 13.1 Å². The number of hydrogen-bond donors (Lipinski definition) is 1. The first-order chi connectivity index (χ1) is 23.6. The van der Waals surface area contributed by atoms with E-state index in [9.17, 15) is 19.5 Å². The number of amides is 3. The van der Waals surface area contributed by atoms with Crippen molar-refractivity contribution in [2.45, 2.75) is 76.7 Å². The summed E-state index contributed by atoms with van der Waals surface area (Å²) < 4.78 is 18.2. The van der Waals surface area contributed by atoms with Crippen LogP contribution in [-0.4, -0.2) is 127 Å². The van der Waals surface area contributed by atoms with E-state index in [1.807, 2.05) is 52.0 Å². The van der Waals surface area contributed by atoms with Crippen LogP contribution in [0.1, 0.15) is 53.4 Å². The number of benzene rings is 1. The molecule has 0 radical (unpaired) electrons. The van der Waals surface area contributed by atoms with Gasteiger partial charge in [-0.05, 0) is 62.8 Å². The summed E-state index contributed by atoms with van der Waals surface area (Å²) >= 11 is 0. The molecule has 1 aromatic carbocycles. The Hall–Kier alpha value is -3.25. The Morgan fingerprint density at radius 2 is 1.78 bits per heavy atom. The van der Waals surface area contributed by atoms with E-state index in [1.165, 1.54) is 0 Å². The van der Waals surface area contributed by atoms with Crippen molar-refractivity contribution in [1.82, 2.24) is 14.7 Å². The van der Waals surface area contributed by atoms with E-state index in [4.69, 9.17) is 14.2 Å². The lowest BCUT2D eigenvalue weighted by Crippen LogP contribution is -2.59. The number of aliphatic hydroxyl groups excluding tert-OH is 1. The second kappa shape index (κ2) is 15.7. The van der Waals surface area contributed by atoms with Gasteiger partial charge in [-0.15, -0.1) is 13.2 Å². The van der Waals surface area contributed by atoms with Gasteiger partial charge >= 0.3 is 0 Å². The average Bonchev–Trinajstić information content (AvgIpc) is 3.72. The summed E-state index contributed by atoms with van der Waals surface area (Å²) in [6.07, 6.45) is 5.44. The fourth-order valence-electron chi connectivity index (χ4n) is 8.74. The summed E-state index contributed by atoms with van der Waals surface area (Å²) in [4.78, 5) is 52.2. The molecule has 1 aromatic rings. The molecule has 2 unspecified atom stereocenters. The highest BCUT2D eigenvalue weighted by atomic mass is 16.5. The van der Waals surface area contributed by atoms with Gasteiger partial charge in [-0.3, -0.25) is 19.3 Å². The monoisotopic (exact) mass is 680 g/mol. The van der Waals surface area contributed by atoms with Crippen molar-refractivity contribution in [1.29, 1.82) is 0 Å². The first-order valence-electron chi connectivity index (χ1n) is 18.1. The molecule has 2 bridgehead atoms. The predicted octanol–water partition coefficient (Wildman–Crippen LogP) is 3.51. The highest BCUT2D eigenvalue weighted by Crippen LogP contribution is 2.65. The zero-order chi connectivity index (χ0) is 35.3. The van der Waals surface area contributed by atoms with Crippen LogP contribution < -0.4 is 9.64 Å². The molecule has 3 amide bonds. The number of nitrogens with zero attached hydrogens (tertiary/aromatic N) is 4. The molecule has 1 N–H and O–H groups in total. The van der Waals surface area contributed by atoms with Crippen LogP contribution in [0, 0.1) is 17.8 Å². The van der Waals surface area contributed by atoms with Crippen LogP contribution >= 0.6 is 0 Å². The summed E-state index contributed by atoms with van der Waals surface area (Å²) in [5.41, 5.74) is -1.44. The van der Waals surface area contributed by atoms with Gasteiger partial charge in [-0.25, -0.2) is 0 Å². The van der Waals surface area contributed by atoms with Crippen molar-refractivity contribution in [2.24, 2.45) is 17.8 Å². The van der Waals surface area contributed by atoms with Crippen LogP contribution in [0.25, 0.3) is 0 Å². The van der Waals surface area contributed by atoms with Crippen LogP contribution in [0.15, 0.2) is 49.6 Å². The molecule has 4 heterocycles. The Morgan fingerprint density at radius 3 is 2.37 bits per heavy atom. The highest BCUT2D eigenvalue weighted by molar-refractivity contribution is 6.03. The molecule has 11 nitrogen and oxygen atoms in total. The minimum absolute atomic E-state index is 0.156. The first-order valence-corrected chi connectivity index (χ1v) is 18.1. The number of ether oxygens (including phenoxy) is 3. The van der Waals surface area contributed by atoms with Gasteiger partial charge < -0.3 is 34.0 Å². The highest BCUT2D eigenvalue weighted by Gasteiger charge is 2.79. The van der Waals surface area contributed by atoms with Crippen LogP contribution in [0.3, 0.4) is 0 Å². The fourth-order valence-corrected chi connectivity index (χ4v) is 8.74. The smallest absolute Gasteiger partial charge is 0.248 e. The Morgan fingerprint density at radius 1 is 1.08 bits per heavy atom. The van der Waals surface area contributed by atoms with Gasteiger partial charge in [0.05, 0.1) is 49.9 Å². The Kier molecular flexibility index (Phi) is 11.9.